The molecule has 1 aromatic carbocycles. The summed E-state index contributed by atoms with van der Waals surface area (Å²) in [6.45, 7) is 2.11. The molecule has 1 heterocycles. The molecule has 7 heteroatoms. The van der Waals surface area contributed by atoms with Gasteiger partial charge in [-0.05, 0) is 50.1 Å². The number of benzene rings is 1. The number of amides is 1. The van der Waals surface area contributed by atoms with E-state index in [0.717, 1.165) is 29.8 Å². The highest BCUT2D eigenvalue weighted by Crippen LogP contribution is 2.29. The van der Waals surface area contributed by atoms with Crippen LogP contribution < -0.4 is 11.1 Å². The Labute approximate surface area is 132 Å². The van der Waals surface area contributed by atoms with E-state index in [1.54, 1.807) is 12.1 Å². The molecule has 2 aromatic rings. The normalized spacial score (nSPS) is 12.1. The van der Waals surface area contributed by atoms with E-state index >= 15 is 0 Å². The Kier molecular flexibility index (Phi) is 5.97. The van der Waals surface area contributed by atoms with Gasteiger partial charge in [-0.2, -0.15) is 0 Å². The van der Waals surface area contributed by atoms with E-state index in [1.165, 1.54) is 30.4 Å². The van der Waals surface area contributed by atoms with Crippen molar-refractivity contribution >= 4 is 17.2 Å². The van der Waals surface area contributed by atoms with Crippen molar-refractivity contribution in [2.75, 3.05) is 6.54 Å². The van der Waals surface area contributed by atoms with Crippen molar-refractivity contribution < 1.29 is 9.18 Å². The number of unbranched alkanes of at least 4 members (excludes halogenated alkanes) is 1. The number of nitrogens with zero attached hydrogens (tertiary/aromatic N) is 2. The van der Waals surface area contributed by atoms with Gasteiger partial charge in [0.05, 0.1) is 6.04 Å². The molecule has 22 heavy (non-hydrogen) atoms. The Morgan fingerprint density at radius 2 is 2.05 bits per heavy atom. The molecule has 0 fully saturated rings. The SMILES string of the molecule is CC(=O)NC(CCCCN)c1nnc(-c2ccc(F)cc2)s1. The van der Waals surface area contributed by atoms with Crippen LogP contribution in [0.15, 0.2) is 24.3 Å². The van der Waals surface area contributed by atoms with Crippen molar-refractivity contribution in [1.29, 1.82) is 0 Å². The second kappa shape index (κ2) is 7.95. The van der Waals surface area contributed by atoms with Gasteiger partial charge in [0, 0.05) is 12.5 Å². The topological polar surface area (TPSA) is 80.9 Å². The van der Waals surface area contributed by atoms with Crippen molar-refractivity contribution in [3.05, 3.63) is 35.1 Å². The number of hydrogen-bond acceptors (Lipinski definition) is 5. The fourth-order valence-electron chi connectivity index (χ4n) is 2.08. The second-order valence-electron chi connectivity index (χ2n) is 4.99. The van der Waals surface area contributed by atoms with Crippen molar-refractivity contribution in [2.24, 2.45) is 5.73 Å². The molecule has 2 rings (SSSR count). The van der Waals surface area contributed by atoms with Crippen molar-refractivity contribution in [3.8, 4) is 10.6 Å². The maximum atomic E-state index is 13.0. The molecule has 0 spiro atoms. The monoisotopic (exact) mass is 322 g/mol. The second-order valence-corrected chi connectivity index (χ2v) is 6.00. The van der Waals surface area contributed by atoms with E-state index in [9.17, 15) is 9.18 Å². The Balaban J connectivity index is 2.14. The first-order chi connectivity index (χ1) is 10.6. The van der Waals surface area contributed by atoms with Crippen LogP contribution in [0.1, 0.15) is 37.2 Å². The summed E-state index contributed by atoms with van der Waals surface area (Å²) in [5, 5.41) is 12.7. The lowest BCUT2D eigenvalue weighted by Crippen LogP contribution is -2.26. The van der Waals surface area contributed by atoms with Gasteiger partial charge in [-0.1, -0.05) is 11.3 Å². The largest absolute Gasteiger partial charge is 0.347 e. The van der Waals surface area contributed by atoms with Crippen LogP contribution in [0, 0.1) is 5.82 Å². The molecule has 1 amide bonds. The Morgan fingerprint density at radius 3 is 2.68 bits per heavy atom. The number of aromatic nitrogens is 2. The van der Waals surface area contributed by atoms with Crippen LogP contribution in [-0.4, -0.2) is 22.6 Å². The lowest BCUT2D eigenvalue weighted by atomic mass is 10.1. The summed E-state index contributed by atoms with van der Waals surface area (Å²) in [6.07, 6.45) is 2.58. The van der Waals surface area contributed by atoms with E-state index in [2.05, 4.69) is 15.5 Å². The molecule has 1 atom stereocenters. The van der Waals surface area contributed by atoms with Gasteiger partial charge in [-0.15, -0.1) is 10.2 Å². The van der Waals surface area contributed by atoms with E-state index in [-0.39, 0.29) is 17.8 Å². The van der Waals surface area contributed by atoms with Gasteiger partial charge in [-0.3, -0.25) is 4.79 Å². The van der Waals surface area contributed by atoms with Gasteiger partial charge in [-0.25, -0.2) is 4.39 Å². The summed E-state index contributed by atoms with van der Waals surface area (Å²) in [4.78, 5) is 11.4. The summed E-state index contributed by atoms with van der Waals surface area (Å²) in [5.74, 6) is -0.386. The first-order valence-corrected chi connectivity index (χ1v) is 7.98. The molecule has 1 aromatic heterocycles. The highest BCUT2D eigenvalue weighted by atomic mass is 32.1. The minimum Gasteiger partial charge on any atom is -0.347 e. The number of nitrogens with one attached hydrogen (secondary N) is 1. The fraction of sp³-hybridized carbons (Fsp3) is 0.400. The molecule has 0 saturated heterocycles. The number of hydrogen-bond donors (Lipinski definition) is 2. The van der Waals surface area contributed by atoms with Crippen LogP contribution in [0.3, 0.4) is 0 Å². The molecule has 0 saturated carbocycles. The third-order valence-corrected chi connectivity index (χ3v) is 4.24. The van der Waals surface area contributed by atoms with Crippen molar-refractivity contribution in [2.45, 2.75) is 32.2 Å². The minimum absolute atomic E-state index is 0.101. The molecule has 0 aliphatic heterocycles. The molecule has 3 N–H and O–H groups in total. The van der Waals surface area contributed by atoms with E-state index in [1.807, 2.05) is 0 Å². The summed E-state index contributed by atoms with van der Waals surface area (Å²) in [7, 11) is 0. The third kappa shape index (κ3) is 4.57. The van der Waals surface area contributed by atoms with Crippen molar-refractivity contribution in [1.82, 2.24) is 15.5 Å². The molecular weight excluding hydrogens is 303 g/mol. The molecule has 5 nitrogen and oxygen atoms in total. The summed E-state index contributed by atoms with van der Waals surface area (Å²) < 4.78 is 13.0. The van der Waals surface area contributed by atoms with Crippen LogP contribution in [0.25, 0.3) is 10.6 Å². The molecule has 0 radical (unpaired) electrons. The lowest BCUT2D eigenvalue weighted by molar-refractivity contribution is -0.119. The van der Waals surface area contributed by atoms with Crippen LogP contribution in [0.4, 0.5) is 4.39 Å². The molecule has 0 bridgehead atoms. The van der Waals surface area contributed by atoms with E-state index < -0.39 is 0 Å². The molecule has 118 valence electrons. The number of nitrogens with two attached hydrogens (primary N) is 1. The van der Waals surface area contributed by atoms with Gasteiger partial charge < -0.3 is 11.1 Å². The van der Waals surface area contributed by atoms with Gasteiger partial charge in [0.2, 0.25) is 5.91 Å². The first-order valence-electron chi connectivity index (χ1n) is 7.16. The number of rotatable bonds is 7. The average Bonchev–Trinajstić information content (AvgIpc) is 2.96. The van der Waals surface area contributed by atoms with Crippen LogP contribution in [0.2, 0.25) is 0 Å². The Bertz CT molecular complexity index is 614. The van der Waals surface area contributed by atoms with Crippen LogP contribution in [0.5, 0.6) is 0 Å². The van der Waals surface area contributed by atoms with Gasteiger partial charge in [0.25, 0.3) is 0 Å². The minimum atomic E-state index is -0.286. The average molecular weight is 322 g/mol. The summed E-state index contributed by atoms with van der Waals surface area (Å²) in [6, 6.07) is 5.96. The predicted molar refractivity (Wildman–Crippen MR) is 84.8 cm³/mol. The molecule has 0 aliphatic carbocycles. The zero-order valence-electron chi connectivity index (χ0n) is 12.4. The van der Waals surface area contributed by atoms with Gasteiger partial charge in [0.1, 0.15) is 15.8 Å². The van der Waals surface area contributed by atoms with Crippen LogP contribution in [-0.2, 0) is 4.79 Å². The van der Waals surface area contributed by atoms with Gasteiger partial charge in [0.15, 0.2) is 0 Å². The molecular formula is C15H19FN4OS. The number of halogens is 1. The molecule has 0 aliphatic rings. The summed E-state index contributed by atoms with van der Waals surface area (Å²) >= 11 is 1.41. The first kappa shape index (κ1) is 16.5. The number of carbonyl (C=O) groups excluding carboxylic acids is 1. The Hall–Kier alpha value is -1.86. The standard InChI is InChI=1S/C15H19FN4OS/c1-10(21)18-13(4-2-3-9-17)15-20-19-14(22-15)11-5-7-12(16)8-6-11/h5-8,13H,2-4,9,17H2,1H3,(H,18,21). The summed E-state index contributed by atoms with van der Waals surface area (Å²) in [5.41, 5.74) is 6.32. The lowest BCUT2D eigenvalue weighted by Gasteiger charge is -2.14. The number of carbonyl (C=O) groups is 1. The zero-order valence-corrected chi connectivity index (χ0v) is 13.2. The molecule has 1 unspecified atom stereocenters. The highest BCUT2D eigenvalue weighted by Gasteiger charge is 2.18. The quantitative estimate of drug-likeness (QED) is 0.768. The van der Waals surface area contributed by atoms with E-state index in [4.69, 9.17) is 5.73 Å². The van der Waals surface area contributed by atoms with E-state index in [0.29, 0.717) is 11.6 Å². The van der Waals surface area contributed by atoms with Crippen LogP contribution >= 0.6 is 11.3 Å². The highest BCUT2D eigenvalue weighted by molar-refractivity contribution is 7.14. The van der Waals surface area contributed by atoms with Gasteiger partial charge >= 0.3 is 0 Å². The Morgan fingerprint density at radius 1 is 1.32 bits per heavy atom. The smallest absolute Gasteiger partial charge is 0.217 e. The van der Waals surface area contributed by atoms with Crippen molar-refractivity contribution in [3.63, 3.8) is 0 Å². The maximum Gasteiger partial charge on any atom is 0.217 e. The maximum absolute atomic E-state index is 13.0. The fourth-order valence-corrected chi connectivity index (χ4v) is 3.01. The third-order valence-electron chi connectivity index (χ3n) is 3.15. The zero-order chi connectivity index (χ0) is 15.9. The predicted octanol–water partition coefficient (Wildman–Crippen LogP) is 2.65.